The van der Waals surface area contributed by atoms with E-state index in [1.165, 1.54) is 10.6 Å². The van der Waals surface area contributed by atoms with Gasteiger partial charge in [-0.25, -0.2) is 5.14 Å². The van der Waals surface area contributed by atoms with Gasteiger partial charge in [-0.05, 0) is 31.7 Å². The predicted octanol–water partition coefficient (Wildman–Crippen LogP) is 0.233. The molecule has 0 saturated carbocycles. The summed E-state index contributed by atoms with van der Waals surface area (Å²) >= 11 is 0. The SMILES string of the molecule is Cc1ccoc1C(=O)NCC1CCN(S(N)(=O)=O)CC1. The minimum absolute atomic E-state index is 0.235. The molecule has 1 amide bonds. The summed E-state index contributed by atoms with van der Waals surface area (Å²) < 4.78 is 28.7. The van der Waals surface area contributed by atoms with Crippen LogP contribution in [0.2, 0.25) is 0 Å². The van der Waals surface area contributed by atoms with Gasteiger partial charge in [0.15, 0.2) is 5.76 Å². The minimum atomic E-state index is -3.59. The molecule has 0 bridgehead atoms. The fourth-order valence-electron chi connectivity index (χ4n) is 2.29. The first kappa shape index (κ1) is 15.0. The number of nitrogens with one attached hydrogen (secondary N) is 1. The van der Waals surface area contributed by atoms with Crippen molar-refractivity contribution in [1.82, 2.24) is 9.62 Å². The average molecular weight is 301 g/mol. The summed E-state index contributed by atoms with van der Waals surface area (Å²) in [7, 11) is -3.59. The summed E-state index contributed by atoms with van der Waals surface area (Å²) in [6.45, 7) is 3.12. The fourth-order valence-corrected chi connectivity index (χ4v) is 3.01. The van der Waals surface area contributed by atoms with Gasteiger partial charge in [0.1, 0.15) is 0 Å². The lowest BCUT2D eigenvalue weighted by Crippen LogP contribution is -2.44. The van der Waals surface area contributed by atoms with E-state index >= 15 is 0 Å². The van der Waals surface area contributed by atoms with Gasteiger partial charge in [-0.3, -0.25) is 4.79 Å². The molecule has 8 heteroatoms. The van der Waals surface area contributed by atoms with E-state index in [0.717, 1.165) is 5.56 Å². The Morgan fingerprint density at radius 2 is 2.15 bits per heavy atom. The molecule has 1 aliphatic heterocycles. The highest BCUT2D eigenvalue weighted by atomic mass is 32.2. The number of nitrogens with zero attached hydrogens (tertiary/aromatic N) is 1. The molecule has 0 unspecified atom stereocenters. The summed E-state index contributed by atoms with van der Waals surface area (Å²) in [5.41, 5.74) is 0.798. The van der Waals surface area contributed by atoms with Crippen LogP contribution < -0.4 is 10.5 Å². The highest BCUT2D eigenvalue weighted by molar-refractivity contribution is 7.86. The molecule has 0 spiro atoms. The molecular weight excluding hydrogens is 282 g/mol. The smallest absolute Gasteiger partial charge is 0.287 e. The maximum absolute atomic E-state index is 11.9. The van der Waals surface area contributed by atoms with E-state index in [-0.39, 0.29) is 11.8 Å². The predicted molar refractivity (Wildman–Crippen MR) is 73.2 cm³/mol. The Hall–Kier alpha value is -1.38. The van der Waals surface area contributed by atoms with Crippen LogP contribution in [0.5, 0.6) is 0 Å². The number of furan rings is 1. The van der Waals surface area contributed by atoms with E-state index in [4.69, 9.17) is 9.56 Å². The second-order valence-corrected chi connectivity index (χ2v) is 6.58. The first-order valence-electron chi connectivity index (χ1n) is 6.48. The van der Waals surface area contributed by atoms with Crippen LogP contribution in [0.1, 0.15) is 29.0 Å². The Morgan fingerprint density at radius 1 is 1.50 bits per heavy atom. The number of piperidine rings is 1. The molecule has 1 aromatic heterocycles. The highest BCUT2D eigenvalue weighted by Crippen LogP contribution is 2.18. The molecule has 112 valence electrons. The van der Waals surface area contributed by atoms with E-state index in [2.05, 4.69) is 5.32 Å². The Morgan fingerprint density at radius 3 is 2.65 bits per heavy atom. The largest absolute Gasteiger partial charge is 0.459 e. The Bertz CT molecular complexity index is 573. The summed E-state index contributed by atoms with van der Waals surface area (Å²) in [6.07, 6.45) is 2.86. The molecule has 1 fully saturated rings. The van der Waals surface area contributed by atoms with Crippen molar-refractivity contribution in [3.05, 3.63) is 23.7 Å². The van der Waals surface area contributed by atoms with Crippen molar-refractivity contribution >= 4 is 16.1 Å². The number of rotatable bonds is 4. The van der Waals surface area contributed by atoms with Crippen molar-refractivity contribution in [3.63, 3.8) is 0 Å². The Labute approximate surface area is 118 Å². The van der Waals surface area contributed by atoms with E-state index in [9.17, 15) is 13.2 Å². The third kappa shape index (κ3) is 3.59. The number of carbonyl (C=O) groups excluding carboxylic acids is 1. The molecule has 3 N–H and O–H groups in total. The normalized spacial score (nSPS) is 18.1. The topological polar surface area (TPSA) is 106 Å². The maximum Gasteiger partial charge on any atom is 0.287 e. The van der Waals surface area contributed by atoms with Crippen LogP contribution in [0.25, 0.3) is 0 Å². The van der Waals surface area contributed by atoms with Crippen molar-refractivity contribution in [2.75, 3.05) is 19.6 Å². The number of aryl methyl sites for hydroxylation is 1. The second-order valence-electron chi connectivity index (χ2n) is 5.03. The molecule has 0 radical (unpaired) electrons. The van der Waals surface area contributed by atoms with Gasteiger partial charge in [0.05, 0.1) is 6.26 Å². The number of amides is 1. The average Bonchev–Trinajstić information content (AvgIpc) is 2.82. The molecule has 7 nitrogen and oxygen atoms in total. The zero-order chi connectivity index (χ0) is 14.8. The number of hydrogen-bond donors (Lipinski definition) is 2. The van der Waals surface area contributed by atoms with Gasteiger partial charge >= 0.3 is 0 Å². The van der Waals surface area contributed by atoms with Crippen LogP contribution in [0.4, 0.5) is 0 Å². The summed E-state index contributed by atoms with van der Waals surface area (Å²) in [5.74, 6) is 0.348. The van der Waals surface area contributed by atoms with Gasteiger partial charge in [-0.15, -0.1) is 0 Å². The first-order chi connectivity index (χ1) is 9.38. The van der Waals surface area contributed by atoms with E-state index in [1.807, 2.05) is 6.92 Å². The Kier molecular flexibility index (Phi) is 4.46. The van der Waals surface area contributed by atoms with E-state index in [1.54, 1.807) is 6.07 Å². The quantitative estimate of drug-likeness (QED) is 0.830. The standard InChI is InChI=1S/C12H19N3O4S/c1-9-4-7-19-11(9)12(16)14-8-10-2-5-15(6-3-10)20(13,17)18/h4,7,10H,2-3,5-6,8H2,1H3,(H,14,16)(H2,13,17,18). The van der Waals surface area contributed by atoms with Crippen molar-refractivity contribution in [2.24, 2.45) is 11.1 Å². The van der Waals surface area contributed by atoms with Crippen LogP contribution in [-0.4, -0.2) is 38.3 Å². The molecule has 0 aliphatic carbocycles. The van der Waals surface area contributed by atoms with E-state index in [0.29, 0.717) is 38.2 Å². The lowest BCUT2D eigenvalue weighted by Gasteiger charge is -2.29. The Balaban J connectivity index is 1.80. The van der Waals surface area contributed by atoms with Crippen LogP contribution in [-0.2, 0) is 10.2 Å². The molecule has 1 aromatic rings. The zero-order valence-electron chi connectivity index (χ0n) is 11.3. The minimum Gasteiger partial charge on any atom is -0.459 e. The van der Waals surface area contributed by atoms with Crippen molar-refractivity contribution < 1.29 is 17.6 Å². The maximum atomic E-state index is 11.9. The molecular formula is C12H19N3O4S. The van der Waals surface area contributed by atoms with Crippen molar-refractivity contribution in [2.45, 2.75) is 19.8 Å². The first-order valence-corrected chi connectivity index (χ1v) is 7.98. The molecule has 2 heterocycles. The third-order valence-corrected chi connectivity index (χ3v) is 4.64. The van der Waals surface area contributed by atoms with Gasteiger partial charge < -0.3 is 9.73 Å². The number of nitrogens with two attached hydrogens (primary N) is 1. The van der Waals surface area contributed by atoms with Crippen molar-refractivity contribution in [1.29, 1.82) is 0 Å². The summed E-state index contributed by atoms with van der Waals surface area (Å²) in [5, 5.41) is 7.89. The van der Waals surface area contributed by atoms with Crippen LogP contribution in [0.15, 0.2) is 16.7 Å². The van der Waals surface area contributed by atoms with Gasteiger partial charge in [0, 0.05) is 25.2 Å². The lowest BCUT2D eigenvalue weighted by atomic mass is 9.98. The summed E-state index contributed by atoms with van der Waals surface area (Å²) in [4.78, 5) is 11.9. The molecule has 20 heavy (non-hydrogen) atoms. The van der Waals surface area contributed by atoms with Gasteiger partial charge in [0.2, 0.25) is 0 Å². The molecule has 0 aromatic carbocycles. The second kappa shape index (κ2) is 5.94. The van der Waals surface area contributed by atoms with Crippen LogP contribution >= 0.6 is 0 Å². The lowest BCUT2D eigenvalue weighted by molar-refractivity contribution is 0.0913. The van der Waals surface area contributed by atoms with Gasteiger partial charge in [-0.2, -0.15) is 12.7 Å². The van der Waals surface area contributed by atoms with Gasteiger partial charge in [-0.1, -0.05) is 0 Å². The molecule has 2 rings (SSSR count). The number of hydrogen-bond acceptors (Lipinski definition) is 4. The van der Waals surface area contributed by atoms with Gasteiger partial charge in [0.25, 0.3) is 16.1 Å². The highest BCUT2D eigenvalue weighted by Gasteiger charge is 2.25. The van der Waals surface area contributed by atoms with Crippen LogP contribution in [0.3, 0.4) is 0 Å². The summed E-state index contributed by atoms with van der Waals surface area (Å²) in [6, 6.07) is 1.74. The number of carbonyl (C=O) groups is 1. The van der Waals surface area contributed by atoms with Crippen molar-refractivity contribution in [3.8, 4) is 0 Å². The van der Waals surface area contributed by atoms with E-state index < -0.39 is 10.2 Å². The molecule has 1 saturated heterocycles. The monoisotopic (exact) mass is 301 g/mol. The fraction of sp³-hybridized carbons (Fsp3) is 0.583. The van der Waals surface area contributed by atoms with Crippen LogP contribution in [0, 0.1) is 12.8 Å². The third-order valence-electron chi connectivity index (χ3n) is 3.55. The zero-order valence-corrected chi connectivity index (χ0v) is 12.1. The molecule has 0 atom stereocenters. The molecule has 1 aliphatic rings.